The summed E-state index contributed by atoms with van der Waals surface area (Å²) in [5, 5.41) is 9.09. The highest BCUT2D eigenvalue weighted by Gasteiger charge is 2.23. The minimum absolute atomic E-state index is 0.110. The summed E-state index contributed by atoms with van der Waals surface area (Å²) in [7, 11) is 1.19. The Morgan fingerprint density at radius 1 is 1.35 bits per heavy atom. The van der Waals surface area contributed by atoms with Gasteiger partial charge in [0, 0.05) is 6.42 Å². The molecule has 6 heteroatoms. The fraction of sp³-hybridized carbons (Fsp3) is 0.273. The number of rotatable bonds is 4. The van der Waals surface area contributed by atoms with E-state index in [1.807, 2.05) is 0 Å². The van der Waals surface area contributed by atoms with Crippen LogP contribution in [0.4, 0.5) is 4.79 Å². The molecule has 3 N–H and O–H groups in total. The molecule has 0 radical (unpaired) electrons. The van der Waals surface area contributed by atoms with E-state index in [1.54, 1.807) is 12.1 Å². The Hall–Kier alpha value is -2.24. The van der Waals surface area contributed by atoms with Gasteiger partial charge in [-0.15, -0.1) is 0 Å². The van der Waals surface area contributed by atoms with Gasteiger partial charge in [0.05, 0.1) is 7.11 Å². The number of carbonyl (C=O) groups is 2. The van der Waals surface area contributed by atoms with Crippen molar-refractivity contribution in [1.82, 2.24) is 0 Å². The molecule has 92 valence electrons. The third-order valence-corrected chi connectivity index (χ3v) is 2.08. The number of hydrogen-bond acceptors (Lipinski definition) is 5. The fourth-order valence-corrected chi connectivity index (χ4v) is 1.29. The number of benzene rings is 1. The largest absolute Gasteiger partial charge is 0.508 e. The maximum atomic E-state index is 11.3. The van der Waals surface area contributed by atoms with Crippen molar-refractivity contribution in [3.05, 3.63) is 29.8 Å². The van der Waals surface area contributed by atoms with Gasteiger partial charge >= 0.3 is 12.1 Å². The molecule has 0 saturated carbocycles. The van der Waals surface area contributed by atoms with Gasteiger partial charge in [0.1, 0.15) is 5.75 Å². The van der Waals surface area contributed by atoms with E-state index in [0.717, 1.165) is 0 Å². The number of aromatic hydroxyl groups is 1. The lowest BCUT2D eigenvalue weighted by Gasteiger charge is -2.14. The quantitative estimate of drug-likeness (QED) is 0.748. The lowest BCUT2D eigenvalue weighted by atomic mass is 10.1. The average molecular weight is 239 g/mol. The van der Waals surface area contributed by atoms with E-state index in [1.165, 1.54) is 19.2 Å². The van der Waals surface area contributed by atoms with Gasteiger partial charge in [0.25, 0.3) is 0 Å². The molecule has 1 rings (SSSR count). The van der Waals surface area contributed by atoms with Crippen LogP contribution in [0, 0.1) is 0 Å². The lowest BCUT2D eigenvalue weighted by molar-refractivity contribution is -0.150. The van der Waals surface area contributed by atoms with Crippen LogP contribution in [0.5, 0.6) is 5.75 Å². The van der Waals surface area contributed by atoms with Crippen LogP contribution in [0.25, 0.3) is 0 Å². The van der Waals surface area contributed by atoms with Crippen LogP contribution in [0.3, 0.4) is 0 Å². The van der Waals surface area contributed by atoms with Gasteiger partial charge in [-0.3, -0.25) is 0 Å². The zero-order valence-corrected chi connectivity index (χ0v) is 9.25. The van der Waals surface area contributed by atoms with Gasteiger partial charge in [0.2, 0.25) is 6.10 Å². The molecule has 0 aromatic heterocycles. The van der Waals surface area contributed by atoms with E-state index in [9.17, 15) is 9.59 Å². The van der Waals surface area contributed by atoms with Crippen LogP contribution in [0.1, 0.15) is 5.56 Å². The Labute approximate surface area is 97.9 Å². The summed E-state index contributed by atoms with van der Waals surface area (Å²) in [5.74, 6) is -0.573. The van der Waals surface area contributed by atoms with Gasteiger partial charge in [-0.25, -0.2) is 9.59 Å². The van der Waals surface area contributed by atoms with Crippen molar-refractivity contribution in [3.8, 4) is 5.75 Å². The number of phenolic OH excluding ortho intramolecular Hbond substituents is 1. The zero-order valence-electron chi connectivity index (χ0n) is 9.25. The van der Waals surface area contributed by atoms with Gasteiger partial charge < -0.3 is 20.3 Å². The molecule has 0 aliphatic heterocycles. The molecule has 1 unspecified atom stereocenters. The first-order chi connectivity index (χ1) is 8.02. The molecule has 1 aromatic rings. The first-order valence-corrected chi connectivity index (χ1v) is 4.84. The van der Waals surface area contributed by atoms with E-state index < -0.39 is 18.2 Å². The lowest BCUT2D eigenvalue weighted by Crippen LogP contribution is -2.32. The van der Waals surface area contributed by atoms with Crippen molar-refractivity contribution in [2.75, 3.05) is 7.11 Å². The predicted octanol–water partition coefficient (Wildman–Crippen LogP) is 0.572. The summed E-state index contributed by atoms with van der Waals surface area (Å²) >= 11 is 0. The number of primary amides is 1. The Bertz CT molecular complexity index is 401. The Kier molecular flexibility index (Phi) is 4.33. The van der Waals surface area contributed by atoms with E-state index >= 15 is 0 Å². The number of esters is 1. The summed E-state index contributed by atoms with van der Waals surface area (Å²) < 4.78 is 9.13. The molecular weight excluding hydrogens is 226 g/mol. The molecule has 6 nitrogen and oxygen atoms in total. The van der Waals surface area contributed by atoms with Gasteiger partial charge in [0.15, 0.2) is 0 Å². The second-order valence-corrected chi connectivity index (χ2v) is 3.32. The summed E-state index contributed by atoms with van der Waals surface area (Å²) in [5.41, 5.74) is 5.56. The van der Waals surface area contributed by atoms with Gasteiger partial charge in [-0.1, -0.05) is 12.1 Å². The number of nitrogens with two attached hydrogens (primary N) is 1. The molecule has 0 saturated heterocycles. The molecule has 0 heterocycles. The molecule has 17 heavy (non-hydrogen) atoms. The number of carbonyl (C=O) groups excluding carboxylic acids is 2. The molecular formula is C11H13NO5. The van der Waals surface area contributed by atoms with Crippen molar-refractivity contribution in [3.63, 3.8) is 0 Å². The smallest absolute Gasteiger partial charge is 0.405 e. The maximum absolute atomic E-state index is 11.3. The Morgan fingerprint density at radius 2 is 1.94 bits per heavy atom. The van der Waals surface area contributed by atoms with E-state index in [0.29, 0.717) is 5.56 Å². The highest BCUT2D eigenvalue weighted by Crippen LogP contribution is 2.13. The van der Waals surface area contributed by atoms with Gasteiger partial charge in [-0.2, -0.15) is 0 Å². The van der Waals surface area contributed by atoms with Gasteiger partial charge in [-0.05, 0) is 17.7 Å². The standard InChI is InChI=1S/C11H13NO5/c1-16-10(14)9(17-11(12)15)6-7-2-4-8(13)5-3-7/h2-5,9,13H,6H2,1H3,(H2,12,15). The minimum atomic E-state index is -1.08. The van der Waals surface area contributed by atoms with Crippen LogP contribution in [0.15, 0.2) is 24.3 Å². The minimum Gasteiger partial charge on any atom is -0.508 e. The second kappa shape index (κ2) is 5.74. The average Bonchev–Trinajstić information content (AvgIpc) is 2.29. The number of methoxy groups -OCH3 is 1. The molecule has 0 aliphatic rings. The van der Waals surface area contributed by atoms with Crippen LogP contribution >= 0.6 is 0 Å². The first-order valence-electron chi connectivity index (χ1n) is 4.84. The third kappa shape index (κ3) is 4.02. The van der Waals surface area contributed by atoms with Crippen molar-refractivity contribution < 1.29 is 24.2 Å². The highest BCUT2D eigenvalue weighted by atomic mass is 16.6. The van der Waals surface area contributed by atoms with Crippen molar-refractivity contribution in [2.45, 2.75) is 12.5 Å². The monoisotopic (exact) mass is 239 g/mol. The summed E-state index contributed by atoms with van der Waals surface area (Å²) in [4.78, 5) is 21.9. The van der Waals surface area contributed by atoms with Crippen LogP contribution in [0.2, 0.25) is 0 Å². The maximum Gasteiger partial charge on any atom is 0.405 e. The molecule has 1 amide bonds. The molecule has 1 atom stereocenters. The van der Waals surface area contributed by atoms with Crippen molar-refractivity contribution in [2.24, 2.45) is 5.73 Å². The Morgan fingerprint density at radius 3 is 2.41 bits per heavy atom. The second-order valence-electron chi connectivity index (χ2n) is 3.32. The summed E-state index contributed by atoms with van der Waals surface area (Å²) in [6.07, 6.45) is -1.99. The zero-order chi connectivity index (χ0) is 12.8. The van der Waals surface area contributed by atoms with E-state index in [-0.39, 0.29) is 12.2 Å². The van der Waals surface area contributed by atoms with Crippen LogP contribution in [-0.2, 0) is 20.7 Å². The highest BCUT2D eigenvalue weighted by molar-refractivity contribution is 5.78. The third-order valence-electron chi connectivity index (χ3n) is 2.08. The number of hydrogen-bond donors (Lipinski definition) is 2. The van der Waals surface area contributed by atoms with Crippen LogP contribution in [-0.4, -0.2) is 30.4 Å². The van der Waals surface area contributed by atoms with Crippen molar-refractivity contribution >= 4 is 12.1 Å². The summed E-state index contributed by atoms with van der Waals surface area (Å²) in [6, 6.07) is 6.15. The first kappa shape index (κ1) is 12.8. The summed E-state index contributed by atoms with van der Waals surface area (Å²) in [6.45, 7) is 0. The normalized spacial score (nSPS) is 11.6. The Balaban J connectivity index is 2.75. The topological polar surface area (TPSA) is 98.8 Å². The van der Waals surface area contributed by atoms with Crippen molar-refractivity contribution in [1.29, 1.82) is 0 Å². The SMILES string of the molecule is COC(=O)C(Cc1ccc(O)cc1)OC(N)=O. The number of amides is 1. The van der Waals surface area contributed by atoms with Crippen LogP contribution < -0.4 is 5.73 Å². The van der Waals surface area contributed by atoms with E-state index in [4.69, 9.17) is 10.8 Å². The fourth-order valence-electron chi connectivity index (χ4n) is 1.29. The number of phenols is 1. The molecule has 1 aromatic carbocycles. The number of ether oxygens (including phenoxy) is 2. The molecule has 0 bridgehead atoms. The van der Waals surface area contributed by atoms with E-state index in [2.05, 4.69) is 9.47 Å². The molecule has 0 fully saturated rings. The molecule has 0 aliphatic carbocycles. The molecule has 0 spiro atoms. The predicted molar refractivity (Wildman–Crippen MR) is 58.3 cm³/mol.